The van der Waals surface area contributed by atoms with Crippen LogP contribution in [-0.2, 0) is 0 Å². The van der Waals surface area contributed by atoms with Gasteiger partial charge in [-0.2, -0.15) is 0 Å². The number of hydrogen-bond acceptors (Lipinski definition) is 2. The lowest BCUT2D eigenvalue weighted by molar-refractivity contribution is 0.0775. The second-order valence-electron chi connectivity index (χ2n) is 5.84. The maximum atomic E-state index is 9.17. The maximum absolute atomic E-state index is 9.17. The lowest BCUT2D eigenvalue weighted by Gasteiger charge is -2.39. The van der Waals surface area contributed by atoms with Gasteiger partial charge in [-0.05, 0) is 37.8 Å². The Balaban J connectivity index is 2.60. The first-order valence-corrected chi connectivity index (χ1v) is 6.40. The van der Waals surface area contributed by atoms with Gasteiger partial charge in [0.1, 0.15) is 0 Å². The average Bonchev–Trinajstić information content (AvgIpc) is 2.40. The van der Waals surface area contributed by atoms with Crippen LogP contribution in [0, 0.1) is 5.41 Å². The molecule has 0 aromatic rings. The molecule has 90 valence electrons. The Bertz CT molecular complexity index is 166. The second kappa shape index (κ2) is 5.86. The smallest absolute Gasteiger partial charge is 0.0446 e. The molecule has 0 radical (unpaired) electrons. The van der Waals surface area contributed by atoms with Crippen LogP contribution >= 0.6 is 0 Å². The average molecular weight is 213 g/mol. The van der Waals surface area contributed by atoms with Gasteiger partial charge in [-0.25, -0.2) is 0 Å². The van der Waals surface area contributed by atoms with Gasteiger partial charge < -0.3 is 5.11 Å². The van der Waals surface area contributed by atoms with Gasteiger partial charge in [0, 0.05) is 12.6 Å². The summed E-state index contributed by atoms with van der Waals surface area (Å²) < 4.78 is 0. The van der Waals surface area contributed by atoms with Crippen molar-refractivity contribution in [2.75, 3.05) is 19.7 Å². The van der Waals surface area contributed by atoms with E-state index in [1.54, 1.807) is 0 Å². The van der Waals surface area contributed by atoms with Gasteiger partial charge in [0.2, 0.25) is 0 Å². The Morgan fingerprint density at radius 1 is 1.07 bits per heavy atom. The summed E-state index contributed by atoms with van der Waals surface area (Å²) in [6, 6.07) is 0.542. The lowest BCUT2D eigenvalue weighted by atomic mass is 9.83. The minimum atomic E-state index is 0.285. The zero-order valence-electron chi connectivity index (χ0n) is 10.6. The topological polar surface area (TPSA) is 23.5 Å². The molecule has 1 unspecified atom stereocenters. The molecule has 0 amide bonds. The van der Waals surface area contributed by atoms with E-state index in [4.69, 9.17) is 0 Å². The predicted molar refractivity (Wildman–Crippen MR) is 65.0 cm³/mol. The highest BCUT2D eigenvalue weighted by Crippen LogP contribution is 2.28. The molecule has 2 heteroatoms. The van der Waals surface area contributed by atoms with E-state index in [0.29, 0.717) is 12.6 Å². The fourth-order valence-corrected chi connectivity index (χ4v) is 2.69. The minimum Gasteiger partial charge on any atom is -0.396 e. The number of rotatable bonds is 3. The van der Waals surface area contributed by atoms with E-state index in [9.17, 15) is 5.11 Å². The molecule has 1 N–H and O–H groups in total. The zero-order valence-corrected chi connectivity index (χ0v) is 10.6. The molecule has 1 fully saturated rings. The Kier molecular flexibility index (Phi) is 5.07. The van der Waals surface area contributed by atoms with E-state index < -0.39 is 0 Å². The molecule has 0 aliphatic carbocycles. The summed E-state index contributed by atoms with van der Waals surface area (Å²) in [6.07, 6.45) is 6.35. The van der Waals surface area contributed by atoms with Crippen molar-refractivity contribution in [2.24, 2.45) is 5.41 Å². The van der Waals surface area contributed by atoms with Gasteiger partial charge in [-0.1, -0.05) is 33.6 Å². The minimum absolute atomic E-state index is 0.285. The molecule has 15 heavy (non-hydrogen) atoms. The molecule has 0 aromatic heterocycles. The number of nitrogens with zero attached hydrogens (tertiary/aromatic N) is 1. The SMILES string of the molecule is CC(C)(C)C(CCO)N1CCCCCC1. The molecule has 0 bridgehead atoms. The summed E-state index contributed by atoms with van der Waals surface area (Å²) in [4.78, 5) is 2.60. The van der Waals surface area contributed by atoms with Crippen molar-refractivity contribution in [3.63, 3.8) is 0 Å². The van der Waals surface area contributed by atoms with Crippen molar-refractivity contribution in [1.29, 1.82) is 0 Å². The van der Waals surface area contributed by atoms with E-state index >= 15 is 0 Å². The summed E-state index contributed by atoms with van der Waals surface area (Å²) in [5, 5.41) is 9.17. The highest BCUT2D eigenvalue weighted by atomic mass is 16.3. The van der Waals surface area contributed by atoms with Gasteiger partial charge in [-0.3, -0.25) is 4.90 Å². The molecule has 0 saturated carbocycles. The normalized spacial score (nSPS) is 22.4. The van der Waals surface area contributed by atoms with Crippen LogP contribution in [-0.4, -0.2) is 35.7 Å². The Morgan fingerprint density at radius 2 is 1.60 bits per heavy atom. The van der Waals surface area contributed by atoms with Gasteiger partial charge in [0.15, 0.2) is 0 Å². The van der Waals surface area contributed by atoms with Gasteiger partial charge >= 0.3 is 0 Å². The van der Waals surface area contributed by atoms with Gasteiger partial charge in [0.05, 0.1) is 0 Å². The fourth-order valence-electron chi connectivity index (χ4n) is 2.69. The van der Waals surface area contributed by atoms with Crippen LogP contribution in [0.2, 0.25) is 0 Å². The molecule has 0 aromatic carbocycles. The lowest BCUT2D eigenvalue weighted by Crippen LogP contribution is -2.45. The van der Waals surface area contributed by atoms with E-state index in [2.05, 4.69) is 25.7 Å². The molecule has 1 aliphatic rings. The fraction of sp³-hybridized carbons (Fsp3) is 1.00. The van der Waals surface area contributed by atoms with Crippen molar-refractivity contribution < 1.29 is 5.11 Å². The third-order valence-corrected chi connectivity index (χ3v) is 3.48. The first-order valence-electron chi connectivity index (χ1n) is 6.40. The summed E-state index contributed by atoms with van der Waals surface area (Å²) in [6.45, 7) is 9.64. The zero-order chi connectivity index (χ0) is 11.3. The quantitative estimate of drug-likeness (QED) is 0.779. The van der Waals surface area contributed by atoms with E-state index in [1.807, 2.05) is 0 Å². The van der Waals surface area contributed by atoms with Gasteiger partial charge in [0.25, 0.3) is 0 Å². The number of likely N-dealkylation sites (tertiary alicyclic amines) is 1. The van der Waals surface area contributed by atoms with E-state index in [1.165, 1.54) is 38.8 Å². The second-order valence-corrected chi connectivity index (χ2v) is 5.84. The van der Waals surface area contributed by atoms with Crippen molar-refractivity contribution in [2.45, 2.75) is 58.9 Å². The van der Waals surface area contributed by atoms with Crippen LogP contribution in [0.4, 0.5) is 0 Å². The molecule has 1 heterocycles. The van der Waals surface area contributed by atoms with Crippen LogP contribution in [0.25, 0.3) is 0 Å². The molecular formula is C13H27NO. The van der Waals surface area contributed by atoms with E-state index in [0.717, 1.165) is 6.42 Å². The predicted octanol–water partition coefficient (Wildman–Crippen LogP) is 2.66. The molecular weight excluding hydrogens is 186 g/mol. The summed E-state index contributed by atoms with van der Waals surface area (Å²) in [5.74, 6) is 0. The van der Waals surface area contributed by atoms with Crippen LogP contribution in [0.5, 0.6) is 0 Å². The van der Waals surface area contributed by atoms with Crippen molar-refractivity contribution in [3.8, 4) is 0 Å². The Labute approximate surface area is 94.7 Å². The first-order chi connectivity index (χ1) is 7.05. The van der Waals surface area contributed by atoms with Crippen molar-refractivity contribution in [1.82, 2.24) is 4.90 Å². The monoisotopic (exact) mass is 213 g/mol. The molecule has 1 atom stereocenters. The molecule has 1 aliphatic heterocycles. The third kappa shape index (κ3) is 4.12. The molecule has 0 spiro atoms. The summed E-state index contributed by atoms with van der Waals surface area (Å²) in [5.41, 5.74) is 0.285. The first kappa shape index (κ1) is 13.0. The van der Waals surface area contributed by atoms with Crippen LogP contribution in [0.3, 0.4) is 0 Å². The van der Waals surface area contributed by atoms with Crippen LogP contribution in [0.1, 0.15) is 52.9 Å². The highest BCUT2D eigenvalue weighted by molar-refractivity contribution is 4.84. The van der Waals surface area contributed by atoms with Crippen LogP contribution in [0.15, 0.2) is 0 Å². The number of aliphatic hydroxyl groups is 1. The third-order valence-electron chi connectivity index (χ3n) is 3.48. The van der Waals surface area contributed by atoms with Crippen molar-refractivity contribution >= 4 is 0 Å². The van der Waals surface area contributed by atoms with Crippen molar-refractivity contribution in [3.05, 3.63) is 0 Å². The summed E-state index contributed by atoms with van der Waals surface area (Å²) >= 11 is 0. The van der Waals surface area contributed by atoms with Gasteiger partial charge in [-0.15, -0.1) is 0 Å². The maximum Gasteiger partial charge on any atom is 0.0446 e. The Morgan fingerprint density at radius 3 is 2.00 bits per heavy atom. The highest BCUT2D eigenvalue weighted by Gasteiger charge is 2.29. The largest absolute Gasteiger partial charge is 0.396 e. The number of hydrogen-bond donors (Lipinski definition) is 1. The molecule has 1 saturated heterocycles. The molecule has 1 rings (SSSR count). The molecule has 2 nitrogen and oxygen atoms in total. The Hall–Kier alpha value is -0.0800. The van der Waals surface area contributed by atoms with E-state index in [-0.39, 0.29) is 5.41 Å². The standard InChI is InChI=1S/C13H27NO/c1-13(2,3)12(8-11-15)14-9-6-4-5-7-10-14/h12,15H,4-11H2,1-3H3. The summed E-state index contributed by atoms with van der Waals surface area (Å²) in [7, 11) is 0. The van der Waals surface area contributed by atoms with Crippen LogP contribution < -0.4 is 0 Å². The number of aliphatic hydroxyl groups excluding tert-OH is 1.